The van der Waals surface area contributed by atoms with Crippen LogP contribution in [0.15, 0.2) is 12.2 Å². The van der Waals surface area contributed by atoms with Gasteiger partial charge in [-0.1, -0.05) is 12.2 Å². The summed E-state index contributed by atoms with van der Waals surface area (Å²) >= 11 is 0. The number of carbonyl (C=O) groups excluding carboxylic acids is 1. The molecular formula is C15H22N2O4. The quantitative estimate of drug-likeness (QED) is 0.711. The van der Waals surface area contributed by atoms with Gasteiger partial charge in [-0.3, -0.25) is 9.59 Å². The number of carboxylic acid groups (broad SMARTS) is 1. The fourth-order valence-electron chi connectivity index (χ4n) is 3.84. The van der Waals surface area contributed by atoms with Crippen molar-refractivity contribution in [1.29, 1.82) is 0 Å². The van der Waals surface area contributed by atoms with Crippen LogP contribution < -0.4 is 5.32 Å². The number of likely N-dealkylation sites (N-methyl/N-ethyl adjacent to an activating group) is 1. The van der Waals surface area contributed by atoms with E-state index in [1.807, 2.05) is 19.2 Å². The topological polar surface area (TPSA) is 78.9 Å². The zero-order chi connectivity index (χ0) is 15.0. The van der Waals surface area contributed by atoms with E-state index in [9.17, 15) is 14.7 Å². The van der Waals surface area contributed by atoms with E-state index in [1.54, 1.807) is 0 Å². The molecule has 1 saturated heterocycles. The standard InChI is InChI=1S/C15H22N2O4/c1-17-4-5-21-11(8-17)7-16-14(18)12-9-2-3-10(6-9)13(12)15(19)20/h2-3,9-13H,4-8H2,1H3,(H,16,18)(H,19,20)/t9?,10?,11?,12-,13+/m0/s1. The van der Waals surface area contributed by atoms with Crippen molar-refractivity contribution in [2.24, 2.45) is 23.7 Å². The molecule has 0 spiro atoms. The second-order valence-electron chi connectivity index (χ2n) is 6.34. The van der Waals surface area contributed by atoms with Crippen LogP contribution in [0.1, 0.15) is 6.42 Å². The van der Waals surface area contributed by atoms with Crippen LogP contribution in [0.3, 0.4) is 0 Å². The Morgan fingerprint density at radius 1 is 1.33 bits per heavy atom. The lowest BCUT2D eigenvalue weighted by Gasteiger charge is -2.31. The van der Waals surface area contributed by atoms with Crippen LogP contribution >= 0.6 is 0 Å². The Hall–Kier alpha value is -1.40. The number of allylic oxidation sites excluding steroid dienone is 2. The van der Waals surface area contributed by atoms with Gasteiger partial charge in [-0.2, -0.15) is 0 Å². The molecule has 2 aliphatic carbocycles. The molecule has 1 aliphatic heterocycles. The number of fused-ring (bicyclic) bond motifs is 2. The van der Waals surface area contributed by atoms with E-state index in [2.05, 4.69) is 10.2 Å². The van der Waals surface area contributed by atoms with Crippen molar-refractivity contribution in [2.45, 2.75) is 12.5 Å². The summed E-state index contributed by atoms with van der Waals surface area (Å²) in [5, 5.41) is 12.3. The monoisotopic (exact) mass is 294 g/mol. The fraction of sp³-hybridized carbons (Fsp3) is 0.733. The van der Waals surface area contributed by atoms with Gasteiger partial charge in [0.05, 0.1) is 24.5 Å². The summed E-state index contributed by atoms with van der Waals surface area (Å²) in [7, 11) is 2.03. The molecule has 2 N–H and O–H groups in total. The average Bonchev–Trinajstić information content (AvgIpc) is 3.05. The Labute approximate surface area is 124 Å². The molecule has 3 rings (SSSR count). The second kappa shape index (κ2) is 5.77. The maximum atomic E-state index is 12.4. The molecule has 1 heterocycles. The smallest absolute Gasteiger partial charge is 0.307 e. The molecule has 116 valence electrons. The van der Waals surface area contributed by atoms with Crippen LogP contribution in [0.25, 0.3) is 0 Å². The Morgan fingerprint density at radius 2 is 2.05 bits per heavy atom. The molecule has 6 nitrogen and oxygen atoms in total. The molecule has 2 bridgehead atoms. The number of hydrogen-bond donors (Lipinski definition) is 2. The predicted molar refractivity (Wildman–Crippen MR) is 75.6 cm³/mol. The average molecular weight is 294 g/mol. The third-order valence-electron chi connectivity index (χ3n) is 4.89. The van der Waals surface area contributed by atoms with E-state index >= 15 is 0 Å². The molecule has 6 heteroatoms. The number of hydrogen-bond acceptors (Lipinski definition) is 4. The van der Waals surface area contributed by atoms with E-state index in [4.69, 9.17) is 4.74 Å². The van der Waals surface area contributed by atoms with Crippen molar-refractivity contribution in [1.82, 2.24) is 10.2 Å². The lowest BCUT2D eigenvalue weighted by Crippen LogP contribution is -2.48. The van der Waals surface area contributed by atoms with Crippen molar-refractivity contribution in [2.75, 3.05) is 33.3 Å². The molecule has 0 aromatic rings. The summed E-state index contributed by atoms with van der Waals surface area (Å²) in [6.45, 7) is 2.82. The number of nitrogens with one attached hydrogen (secondary N) is 1. The lowest BCUT2D eigenvalue weighted by atomic mass is 9.82. The van der Waals surface area contributed by atoms with Crippen molar-refractivity contribution >= 4 is 11.9 Å². The molecule has 1 amide bonds. The van der Waals surface area contributed by atoms with Gasteiger partial charge in [0, 0.05) is 19.6 Å². The summed E-state index contributed by atoms with van der Waals surface area (Å²) in [5.74, 6) is -1.92. The summed E-state index contributed by atoms with van der Waals surface area (Å²) in [6.07, 6.45) is 4.73. The van der Waals surface area contributed by atoms with Crippen LogP contribution in [0.5, 0.6) is 0 Å². The number of morpholine rings is 1. The maximum absolute atomic E-state index is 12.4. The highest BCUT2D eigenvalue weighted by molar-refractivity contribution is 5.86. The molecule has 1 saturated carbocycles. The zero-order valence-electron chi connectivity index (χ0n) is 12.2. The molecular weight excluding hydrogens is 272 g/mol. The number of aliphatic carboxylic acids is 1. The minimum Gasteiger partial charge on any atom is -0.481 e. The summed E-state index contributed by atoms with van der Waals surface area (Å²) in [6, 6.07) is 0. The molecule has 3 aliphatic rings. The van der Waals surface area contributed by atoms with Gasteiger partial charge in [0.1, 0.15) is 0 Å². The molecule has 0 aromatic carbocycles. The van der Waals surface area contributed by atoms with Gasteiger partial charge in [0.15, 0.2) is 0 Å². The van der Waals surface area contributed by atoms with Crippen molar-refractivity contribution in [3.05, 3.63) is 12.2 Å². The molecule has 3 unspecified atom stereocenters. The van der Waals surface area contributed by atoms with Crippen LogP contribution in [0, 0.1) is 23.7 Å². The molecule has 2 fully saturated rings. The summed E-state index contributed by atoms with van der Waals surface area (Å²) in [4.78, 5) is 26.0. The largest absolute Gasteiger partial charge is 0.481 e. The van der Waals surface area contributed by atoms with Gasteiger partial charge < -0.3 is 20.1 Å². The van der Waals surface area contributed by atoms with Crippen LogP contribution in [0.2, 0.25) is 0 Å². The summed E-state index contributed by atoms with van der Waals surface area (Å²) < 4.78 is 5.61. The maximum Gasteiger partial charge on any atom is 0.307 e. The highest BCUT2D eigenvalue weighted by Gasteiger charge is 2.51. The first-order chi connectivity index (χ1) is 10.1. The number of ether oxygens (including phenoxy) is 1. The van der Waals surface area contributed by atoms with Crippen LogP contribution in [-0.4, -0.2) is 61.3 Å². The fourth-order valence-corrected chi connectivity index (χ4v) is 3.84. The zero-order valence-corrected chi connectivity index (χ0v) is 12.2. The Balaban J connectivity index is 1.57. The number of carboxylic acids is 1. The Morgan fingerprint density at radius 3 is 2.71 bits per heavy atom. The molecule has 0 aromatic heterocycles. The first kappa shape index (κ1) is 14.5. The van der Waals surface area contributed by atoms with Gasteiger partial charge in [0.25, 0.3) is 0 Å². The third-order valence-corrected chi connectivity index (χ3v) is 4.89. The van der Waals surface area contributed by atoms with Crippen molar-refractivity contribution in [3.8, 4) is 0 Å². The highest BCUT2D eigenvalue weighted by Crippen LogP contribution is 2.48. The number of carbonyl (C=O) groups is 2. The first-order valence-electron chi connectivity index (χ1n) is 7.55. The third kappa shape index (κ3) is 2.82. The van der Waals surface area contributed by atoms with Gasteiger partial charge in [-0.15, -0.1) is 0 Å². The minimum atomic E-state index is -0.861. The Bertz CT molecular complexity index is 465. The highest BCUT2D eigenvalue weighted by atomic mass is 16.5. The summed E-state index contributed by atoms with van der Waals surface area (Å²) in [5.41, 5.74) is 0. The van der Waals surface area contributed by atoms with E-state index in [-0.39, 0.29) is 23.8 Å². The first-order valence-corrected chi connectivity index (χ1v) is 7.55. The van der Waals surface area contributed by atoms with Gasteiger partial charge in [0.2, 0.25) is 5.91 Å². The van der Waals surface area contributed by atoms with Crippen molar-refractivity contribution in [3.63, 3.8) is 0 Å². The number of nitrogens with zero attached hydrogens (tertiary/aromatic N) is 1. The lowest BCUT2D eigenvalue weighted by molar-refractivity contribution is -0.148. The van der Waals surface area contributed by atoms with E-state index in [0.29, 0.717) is 13.2 Å². The molecule has 0 radical (unpaired) electrons. The van der Waals surface area contributed by atoms with Gasteiger partial charge in [-0.25, -0.2) is 0 Å². The van der Waals surface area contributed by atoms with E-state index < -0.39 is 17.8 Å². The van der Waals surface area contributed by atoms with Gasteiger partial charge >= 0.3 is 5.97 Å². The second-order valence-corrected chi connectivity index (χ2v) is 6.34. The molecule has 21 heavy (non-hydrogen) atoms. The SMILES string of the molecule is CN1CCOC(CNC(=O)[C@H]2C3C=CC(C3)[C@H]2C(=O)O)C1. The van der Waals surface area contributed by atoms with Crippen LogP contribution in [0.4, 0.5) is 0 Å². The predicted octanol–water partition coefficient (Wildman–Crippen LogP) is -0.0439. The number of rotatable bonds is 4. The normalized spacial score (nSPS) is 38.6. The van der Waals surface area contributed by atoms with Gasteiger partial charge in [-0.05, 0) is 25.3 Å². The van der Waals surface area contributed by atoms with E-state index in [0.717, 1.165) is 19.5 Å². The van der Waals surface area contributed by atoms with E-state index in [1.165, 1.54) is 0 Å². The number of amides is 1. The molecule has 5 atom stereocenters. The minimum absolute atomic E-state index is 0.00916. The Kier molecular flexibility index (Phi) is 3.99. The van der Waals surface area contributed by atoms with Crippen LogP contribution in [-0.2, 0) is 14.3 Å². The van der Waals surface area contributed by atoms with Crippen molar-refractivity contribution < 1.29 is 19.4 Å².